The number of hydrazone groups is 1. The SMILES string of the molecule is CCOC(=O)C1=NN(c2ccc(C)cc2)[C@]2(S1)SC(c1ccccc1)(c1ccccc1)c1ccccc12. The van der Waals surface area contributed by atoms with Crippen LogP contribution in [0.3, 0.4) is 0 Å². The first-order chi connectivity index (χ1) is 18.1. The number of hydrogen-bond donors (Lipinski definition) is 0. The third kappa shape index (κ3) is 3.78. The molecule has 0 aliphatic carbocycles. The minimum atomic E-state index is -0.709. The first-order valence-electron chi connectivity index (χ1n) is 12.3. The highest BCUT2D eigenvalue weighted by Gasteiger charge is 2.61. The highest BCUT2D eigenvalue weighted by Crippen LogP contribution is 2.70. The lowest BCUT2D eigenvalue weighted by atomic mass is 9.82. The van der Waals surface area contributed by atoms with Crippen LogP contribution in [-0.2, 0) is 18.5 Å². The van der Waals surface area contributed by atoms with Gasteiger partial charge in [0.2, 0.25) is 5.04 Å². The van der Waals surface area contributed by atoms with Gasteiger partial charge in [-0.15, -0.1) is 0 Å². The number of carbonyl (C=O) groups excluding carboxylic acids is 1. The molecule has 6 heteroatoms. The normalized spacial score (nSPS) is 19.5. The van der Waals surface area contributed by atoms with E-state index in [1.54, 1.807) is 0 Å². The van der Waals surface area contributed by atoms with Crippen LogP contribution >= 0.6 is 23.5 Å². The third-order valence-corrected chi connectivity index (χ3v) is 10.0. The molecule has 0 saturated carbocycles. The van der Waals surface area contributed by atoms with Gasteiger partial charge in [0.05, 0.1) is 17.0 Å². The minimum absolute atomic E-state index is 0.303. The Morgan fingerprint density at radius 1 is 0.811 bits per heavy atom. The van der Waals surface area contributed by atoms with Gasteiger partial charge in [-0.05, 0) is 42.7 Å². The largest absolute Gasteiger partial charge is 0.461 e. The number of carbonyl (C=O) groups is 1. The summed E-state index contributed by atoms with van der Waals surface area (Å²) in [5.74, 6) is -0.392. The molecule has 2 aliphatic rings. The van der Waals surface area contributed by atoms with Crippen molar-refractivity contribution in [1.29, 1.82) is 0 Å². The molecule has 4 nitrogen and oxygen atoms in total. The molecule has 0 amide bonds. The number of fused-ring (bicyclic) bond motifs is 2. The Bertz CT molecular complexity index is 1430. The van der Waals surface area contributed by atoms with Crippen LogP contribution in [0.15, 0.2) is 114 Å². The number of anilines is 1. The zero-order chi connectivity index (χ0) is 25.5. The predicted molar refractivity (Wildman–Crippen MR) is 154 cm³/mol. The second-order valence-electron chi connectivity index (χ2n) is 9.02. The van der Waals surface area contributed by atoms with Crippen molar-refractivity contribution in [3.63, 3.8) is 0 Å². The topological polar surface area (TPSA) is 41.9 Å². The van der Waals surface area contributed by atoms with Crippen LogP contribution in [0.2, 0.25) is 0 Å². The van der Waals surface area contributed by atoms with Crippen LogP contribution in [0.25, 0.3) is 0 Å². The molecule has 37 heavy (non-hydrogen) atoms. The maximum Gasteiger partial charge on any atom is 0.365 e. The Balaban J connectivity index is 1.62. The van der Waals surface area contributed by atoms with E-state index in [1.165, 1.54) is 34.0 Å². The number of ether oxygens (including phenoxy) is 1. The second kappa shape index (κ2) is 9.43. The molecule has 6 rings (SSSR count). The molecule has 4 aromatic rings. The van der Waals surface area contributed by atoms with E-state index in [4.69, 9.17) is 9.84 Å². The van der Waals surface area contributed by atoms with Crippen LogP contribution in [0.5, 0.6) is 0 Å². The van der Waals surface area contributed by atoms with Crippen LogP contribution in [-0.4, -0.2) is 17.6 Å². The summed E-state index contributed by atoms with van der Waals surface area (Å²) in [6.07, 6.45) is 0. The number of esters is 1. The summed E-state index contributed by atoms with van der Waals surface area (Å²) in [6.45, 7) is 4.19. The summed E-state index contributed by atoms with van der Waals surface area (Å²) < 4.78 is 4.20. The number of hydrogen-bond acceptors (Lipinski definition) is 6. The van der Waals surface area contributed by atoms with E-state index in [9.17, 15) is 4.79 Å². The summed E-state index contributed by atoms with van der Waals surface area (Å²) in [5, 5.41) is 7.29. The summed E-state index contributed by atoms with van der Waals surface area (Å²) in [6, 6.07) is 38.1. The third-order valence-electron chi connectivity index (χ3n) is 6.73. The fourth-order valence-corrected chi connectivity index (χ4v) is 8.66. The molecular weight excluding hydrogens is 496 g/mol. The lowest BCUT2D eigenvalue weighted by Crippen LogP contribution is -2.34. The number of aryl methyl sites for hydroxylation is 1. The Kier molecular flexibility index (Phi) is 6.09. The van der Waals surface area contributed by atoms with E-state index < -0.39 is 14.9 Å². The van der Waals surface area contributed by atoms with Crippen molar-refractivity contribution < 1.29 is 9.53 Å². The van der Waals surface area contributed by atoms with E-state index in [1.807, 2.05) is 35.8 Å². The van der Waals surface area contributed by atoms with E-state index in [0.29, 0.717) is 11.7 Å². The molecule has 0 bridgehead atoms. The van der Waals surface area contributed by atoms with Crippen molar-refractivity contribution in [3.05, 3.63) is 137 Å². The number of rotatable bonds is 5. The molecule has 0 fully saturated rings. The van der Waals surface area contributed by atoms with Gasteiger partial charge in [0.15, 0.2) is 4.20 Å². The quantitative estimate of drug-likeness (QED) is 0.258. The maximum absolute atomic E-state index is 13.0. The number of thioether (sulfide) groups is 2. The molecule has 184 valence electrons. The van der Waals surface area contributed by atoms with Crippen molar-refractivity contribution in [3.8, 4) is 0 Å². The first-order valence-corrected chi connectivity index (χ1v) is 13.9. The van der Waals surface area contributed by atoms with Crippen LogP contribution in [0.4, 0.5) is 5.69 Å². The monoisotopic (exact) mass is 522 g/mol. The molecule has 0 aromatic heterocycles. The van der Waals surface area contributed by atoms with Crippen molar-refractivity contribution in [1.82, 2.24) is 0 Å². The zero-order valence-electron chi connectivity index (χ0n) is 20.6. The van der Waals surface area contributed by atoms with E-state index in [0.717, 1.165) is 11.3 Å². The summed E-state index contributed by atoms with van der Waals surface area (Å²) in [4.78, 5) is 13.0. The van der Waals surface area contributed by atoms with E-state index in [-0.39, 0.29) is 0 Å². The molecule has 1 atom stereocenters. The minimum Gasteiger partial charge on any atom is -0.461 e. The molecule has 1 spiro atoms. The van der Waals surface area contributed by atoms with Gasteiger partial charge in [-0.3, -0.25) is 0 Å². The zero-order valence-corrected chi connectivity index (χ0v) is 22.3. The Hall–Kier alpha value is -3.48. The fraction of sp³-hybridized carbons (Fsp3) is 0.161. The predicted octanol–water partition coefficient (Wildman–Crippen LogP) is 7.27. The molecule has 2 aliphatic heterocycles. The summed E-state index contributed by atoms with van der Waals surface area (Å²) in [5.41, 5.74) is 6.79. The van der Waals surface area contributed by atoms with E-state index >= 15 is 0 Å². The molecule has 0 unspecified atom stereocenters. The maximum atomic E-state index is 13.0. The molecule has 0 radical (unpaired) electrons. The number of nitrogens with zero attached hydrogens (tertiary/aromatic N) is 2. The highest BCUT2D eigenvalue weighted by atomic mass is 32.2. The van der Waals surface area contributed by atoms with Gasteiger partial charge in [0.1, 0.15) is 0 Å². The molecule has 0 saturated heterocycles. The summed E-state index contributed by atoms with van der Waals surface area (Å²) >= 11 is 3.29. The average Bonchev–Trinajstić information content (AvgIpc) is 3.48. The van der Waals surface area contributed by atoms with E-state index in [2.05, 4.69) is 104 Å². The molecular formula is C31H26N2O2S2. The standard InChI is InChI=1S/C31H26N2O2S2/c1-3-35-29(34)28-32-33(25-20-18-22(2)19-21-25)31(36-28)27-17-11-10-16-26(27)30(37-31,23-12-6-4-7-13-23)24-14-8-5-9-15-24/h4-21H,3H2,1-2H3/t31-/m1/s1. The fourth-order valence-electron chi connectivity index (χ4n) is 5.10. The van der Waals surface area contributed by atoms with Gasteiger partial charge in [-0.1, -0.05) is 126 Å². The molecule has 2 heterocycles. The van der Waals surface area contributed by atoms with Crippen LogP contribution in [0, 0.1) is 6.92 Å². The average molecular weight is 523 g/mol. The molecule has 4 aromatic carbocycles. The Morgan fingerprint density at radius 2 is 1.38 bits per heavy atom. The summed E-state index contributed by atoms with van der Waals surface area (Å²) in [7, 11) is 0. The van der Waals surface area contributed by atoms with Gasteiger partial charge in [-0.25, -0.2) is 9.80 Å². The van der Waals surface area contributed by atoms with Crippen molar-refractivity contribution in [2.45, 2.75) is 22.8 Å². The van der Waals surface area contributed by atoms with Crippen molar-refractivity contribution in [2.75, 3.05) is 11.6 Å². The highest BCUT2D eigenvalue weighted by molar-refractivity contribution is 8.27. The van der Waals surface area contributed by atoms with Crippen LogP contribution < -0.4 is 5.01 Å². The van der Waals surface area contributed by atoms with Gasteiger partial charge in [0.25, 0.3) is 0 Å². The van der Waals surface area contributed by atoms with Gasteiger partial charge in [-0.2, -0.15) is 5.10 Å². The lowest BCUT2D eigenvalue weighted by Gasteiger charge is -2.37. The number of benzene rings is 4. The first kappa shape index (κ1) is 23.9. The lowest BCUT2D eigenvalue weighted by molar-refractivity contribution is -0.134. The van der Waals surface area contributed by atoms with Gasteiger partial charge < -0.3 is 4.74 Å². The van der Waals surface area contributed by atoms with Crippen LogP contribution in [0.1, 0.15) is 34.7 Å². The van der Waals surface area contributed by atoms with Gasteiger partial charge >= 0.3 is 5.97 Å². The Morgan fingerprint density at radius 3 is 1.97 bits per heavy atom. The van der Waals surface area contributed by atoms with Crippen molar-refractivity contribution >= 4 is 40.2 Å². The van der Waals surface area contributed by atoms with Crippen molar-refractivity contribution in [2.24, 2.45) is 5.10 Å². The van der Waals surface area contributed by atoms with Gasteiger partial charge in [0, 0.05) is 5.56 Å². The Labute approximate surface area is 225 Å². The smallest absolute Gasteiger partial charge is 0.365 e. The molecule has 0 N–H and O–H groups in total. The second-order valence-corrected chi connectivity index (χ2v) is 11.9.